The van der Waals surface area contributed by atoms with Crippen molar-refractivity contribution in [1.29, 1.82) is 0 Å². The van der Waals surface area contributed by atoms with Crippen molar-refractivity contribution in [3.05, 3.63) is 0 Å². The largest absolute Gasteiger partial charge is 0.380 e. The van der Waals surface area contributed by atoms with Crippen molar-refractivity contribution in [2.45, 2.75) is 12.8 Å². The quantitative estimate of drug-likeness (QED) is 0.265. The van der Waals surface area contributed by atoms with Crippen LogP contribution in [0.2, 0.25) is 0 Å². The van der Waals surface area contributed by atoms with E-state index in [9.17, 15) is 0 Å². The van der Waals surface area contributed by atoms with Crippen LogP contribution >= 0.6 is 34.2 Å². The van der Waals surface area contributed by atoms with Crippen LogP contribution in [0.15, 0.2) is 0 Å². The van der Waals surface area contributed by atoms with Crippen LogP contribution in [-0.4, -0.2) is 37.6 Å². The van der Waals surface area contributed by atoms with E-state index in [1.807, 2.05) is 11.8 Å². The fourth-order valence-electron chi connectivity index (χ4n) is 0.815. The fraction of sp³-hybridized carbons (Fsp3) is 1.00. The number of thioether (sulfide) groups is 1. The Morgan fingerprint density at radius 1 is 1.31 bits per heavy atom. The minimum Gasteiger partial charge on any atom is -0.380 e. The molecule has 0 fully saturated rings. The molecular formula is C8H19NOS3. The predicted molar refractivity (Wildman–Crippen MR) is 67.9 cm³/mol. The van der Waals surface area contributed by atoms with Crippen molar-refractivity contribution in [2.24, 2.45) is 0 Å². The zero-order valence-corrected chi connectivity index (χ0v) is 10.6. The predicted octanol–water partition coefficient (Wildman–Crippen LogP) is 2.27. The molecule has 0 amide bonds. The minimum atomic E-state index is 0.813. The smallest absolute Gasteiger partial charge is 0.0591 e. The third-order valence-electron chi connectivity index (χ3n) is 1.48. The maximum atomic E-state index is 5.42. The number of hydrogen-bond donors (Lipinski definition) is 2. The Labute approximate surface area is 94.8 Å². The van der Waals surface area contributed by atoms with Crippen molar-refractivity contribution >= 4 is 34.2 Å². The van der Waals surface area contributed by atoms with E-state index in [4.69, 9.17) is 4.74 Å². The molecule has 0 aromatic carbocycles. The van der Waals surface area contributed by atoms with Gasteiger partial charge in [0.2, 0.25) is 0 Å². The van der Waals surface area contributed by atoms with Crippen LogP contribution in [0.4, 0.5) is 0 Å². The molecule has 0 radical (unpaired) electrons. The van der Waals surface area contributed by atoms with Crippen molar-refractivity contribution < 1.29 is 4.74 Å². The molecule has 0 spiro atoms. The molecule has 0 saturated carbocycles. The van der Waals surface area contributed by atoms with Crippen LogP contribution in [0.25, 0.3) is 0 Å². The fourth-order valence-corrected chi connectivity index (χ4v) is 1.82. The molecular weight excluding hydrogens is 222 g/mol. The van der Waals surface area contributed by atoms with Gasteiger partial charge in [0.05, 0.1) is 12.5 Å². The van der Waals surface area contributed by atoms with Gasteiger partial charge in [-0.1, -0.05) is 10.8 Å². The highest BCUT2D eigenvalue weighted by Crippen LogP contribution is 2.00. The Balaban J connectivity index is 2.76. The van der Waals surface area contributed by atoms with Crippen molar-refractivity contribution in [3.8, 4) is 0 Å². The third kappa shape index (κ3) is 13.0. The highest BCUT2D eigenvalue weighted by Gasteiger charge is 1.89. The summed E-state index contributed by atoms with van der Waals surface area (Å²) < 4.78 is 5.42. The van der Waals surface area contributed by atoms with Gasteiger partial charge in [-0.25, -0.2) is 0 Å². The van der Waals surface area contributed by atoms with Gasteiger partial charge in [0, 0.05) is 13.2 Å². The van der Waals surface area contributed by atoms with E-state index in [1.165, 1.54) is 29.4 Å². The summed E-state index contributed by atoms with van der Waals surface area (Å²) in [4.78, 5) is 0. The second kappa shape index (κ2) is 13.0. The molecule has 0 aromatic rings. The van der Waals surface area contributed by atoms with E-state index in [0.717, 1.165) is 25.6 Å². The van der Waals surface area contributed by atoms with E-state index in [0.29, 0.717) is 0 Å². The minimum absolute atomic E-state index is 0.813. The number of rotatable bonds is 10. The van der Waals surface area contributed by atoms with E-state index in [-0.39, 0.29) is 0 Å². The van der Waals surface area contributed by atoms with Crippen LogP contribution in [0.1, 0.15) is 12.8 Å². The second-order valence-corrected chi connectivity index (χ2v) is 4.89. The first-order chi connectivity index (χ1) is 6.41. The van der Waals surface area contributed by atoms with Crippen LogP contribution in [0, 0.1) is 0 Å². The van der Waals surface area contributed by atoms with Crippen LogP contribution < -0.4 is 5.32 Å². The van der Waals surface area contributed by atoms with Gasteiger partial charge in [-0.2, -0.15) is 11.8 Å². The van der Waals surface area contributed by atoms with Gasteiger partial charge in [0.1, 0.15) is 0 Å². The summed E-state index contributed by atoms with van der Waals surface area (Å²) in [6, 6.07) is 0. The van der Waals surface area contributed by atoms with E-state index in [1.54, 1.807) is 0 Å². The molecule has 0 aliphatic rings. The van der Waals surface area contributed by atoms with Crippen molar-refractivity contribution in [2.75, 3.05) is 37.6 Å². The van der Waals surface area contributed by atoms with Gasteiger partial charge >= 0.3 is 0 Å². The van der Waals surface area contributed by atoms with E-state index >= 15 is 0 Å². The summed E-state index contributed by atoms with van der Waals surface area (Å²) in [6.45, 7) is 2.64. The van der Waals surface area contributed by atoms with Gasteiger partial charge in [-0.3, -0.25) is 0 Å². The van der Waals surface area contributed by atoms with Crippen molar-refractivity contribution in [3.63, 3.8) is 0 Å². The molecule has 13 heavy (non-hydrogen) atoms. The lowest BCUT2D eigenvalue weighted by atomic mass is 10.4. The van der Waals surface area contributed by atoms with Gasteiger partial charge < -0.3 is 10.1 Å². The zero-order chi connectivity index (χ0) is 9.78. The summed E-state index contributed by atoms with van der Waals surface area (Å²) in [7, 11) is 1.50. The van der Waals surface area contributed by atoms with Gasteiger partial charge in [0.15, 0.2) is 0 Å². The molecule has 0 aromatic heterocycles. The molecule has 0 saturated heterocycles. The highest BCUT2D eigenvalue weighted by molar-refractivity contribution is 8.68. The molecule has 5 heteroatoms. The molecule has 0 aliphatic heterocycles. The topological polar surface area (TPSA) is 21.3 Å². The Morgan fingerprint density at radius 3 is 2.85 bits per heavy atom. The summed E-state index contributed by atoms with van der Waals surface area (Å²) in [5, 5.41) is 3.19. The maximum absolute atomic E-state index is 5.42. The monoisotopic (exact) mass is 241 g/mol. The third-order valence-corrected chi connectivity index (χ3v) is 2.89. The lowest BCUT2D eigenvalue weighted by Gasteiger charge is -2.04. The van der Waals surface area contributed by atoms with Crippen molar-refractivity contribution in [1.82, 2.24) is 5.32 Å². The van der Waals surface area contributed by atoms with Crippen LogP contribution in [0.3, 0.4) is 0 Å². The first kappa shape index (κ1) is 14.0. The molecule has 1 N–H and O–H groups in total. The molecule has 0 heterocycles. The summed E-state index contributed by atoms with van der Waals surface area (Å²) in [5.41, 5.74) is 0. The molecule has 0 rings (SSSR count). The zero-order valence-electron chi connectivity index (χ0n) is 8.12. The van der Waals surface area contributed by atoms with E-state index in [2.05, 4.69) is 23.2 Å². The number of nitrogens with one attached hydrogen (secondary N) is 1. The summed E-state index contributed by atoms with van der Waals surface area (Å²) >= 11 is 5.91. The molecule has 0 bridgehead atoms. The number of thiol groups is 1. The average molecular weight is 241 g/mol. The molecule has 0 atom stereocenters. The summed E-state index contributed by atoms with van der Waals surface area (Å²) in [5.74, 6) is 2.14. The Kier molecular flexibility index (Phi) is 13.9. The summed E-state index contributed by atoms with van der Waals surface area (Å²) in [6.07, 6.45) is 4.59. The first-order valence-corrected chi connectivity index (χ1v) is 7.88. The number of ether oxygens (including phenoxy) is 1. The van der Waals surface area contributed by atoms with Gasteiger partial charge in [-0.15, -0.1) is 11.7 Å². The maximum Gasteiger partial charge on any atom is 0.0591 e. The highest BCUT2D eigenvalue weighted by atomic mass is 33.1. The first-order valence-electron chi connectivity index (χ1n) is 4.45. The Bertz CT molecular complexity index is 85.5. The lowest BCUT2D eigenvalue weighted by Crippen LogP contribution is -2.18. The Morgan fingerprint density at radius 2 is 2.15 bits per heavy atom. The Hall–Kier alpha value is 0.970. The standard InChI is InChI=1S/C8H19NOS3/c1-12-7-3-2-5-10-6-4-9-8-13-11/h9,11H,2-8H2,1H3. The SMILES string of the molecule is CSCCCCOCCNCSS. The molecule has 0 aliphatic carbocycles. The number of hydrogen-bond acceptors (Lipinski definition) is 5. The normalized spacial score (nSPS) is 10.6. The average Bonchev–Trinajstić information content (AvgIpc) is 2.16. The molecule has 80 valence electrons. The molecule has 2 nitrogen and oxygen atoms in total. The molecule has 0 unspecified atom stereocenters. The lowest BCUT2D eigenvalue weighted by molar-refractivity contribution is 0.134. The number of unbranched alkanes of at least 4 members (excludes halogenated alkanes) is 1. The van der Waals surface area contributed by atoms with Crippen LogP contribution in [0.5, 0.6) is 0 Å². The van der Waals surface area contributed by atoms with Gasteiger partial charge in [0.25, 0.3) is 0 Å². The van der Waals surface area contributed by atoms with E-state index < -0.39 is 0 Å². The van der Waals surface area contributed by atoms with Gasteiger partial charge in [-0.05, 0) is 24.9 Å². The second-order valence-electron chi connectivity index (χ2n) is 2.59. The van der Waals surface area contributed by atoms with Crippen LogP contribution in [-0.2, 0) is 4.74 Å².